The summed E-state index contributed by atoms with van der Waals surface area (Å²) in [7, 11) is 0. The summed E-state index contributed by atoms with van der Waals surface area (Å²) >= 11 is 0. The van der Waals surface area contributed by atoms with Crippen molar-refractivity contribution in [1.29, 1.82) is 0 Å². The fraction of sp³-hybridized carbons (Fsp3) is 0.562. The molecule has 0 saturated carbocycles. The van der Waals surface area contributed by atoms with Crippen molar-refractivity contribution < 1.29 is 14.3 Å². The van der Waals surface area contributed by atoms with Crippen molar-refractivity contribution in [2.75, 3.05) is 13.2 Å². The third kappa shape index (κ3) is 3.97. The molecule has 0 aliphatic carbocycles. The Morgan fingerprint density at radius 1 is 1.40 bits per heavy atom. The Morgan fingerprint density at radius 3 is 2.65 bits per heavy atom. The summed E-state index contributed by atoms with van der Waals surface area (Å²) in [6, 6.07) is 7.98. The third-order valence-electron chi connectivity index (χ3n) is 3.64. The second-order valence-electron chi connectivity index (χ2n) is 5.55. The first-order chi connectivity index (χ1) is 9.56. The maximum Gasteiger partial charge on any atom is 0.258 e. The molecule has 0 radical (unpaired) electrons. The average Bonchev–Trinajstić information content (AvgIpc) is 2.82. The minimum Gasteiger partial charge on any atom is -0.484 e. The van der Waals surface area contributed by atoms with Gasteiger partial charge in [0, 0.05) is 6.61 Å². The van der Waals surface area contributed by atoms with Gasteiger partial charge >= 0.3 is 0 Å². The molecule has 1 aromatic carbocycles. The molecule has 2 rings (SSSR count). The Morgan fingerprint density at radius 2 is 2.10 bits per heavy atom. The molecule has 0 spiro atoms. The third-order valence-corrected chi connectivity index (χ3v) is 3.64. The van der Waals surface area contributed by atoms with Crippen LogP contribution < -0.4 is 10.1 Å². The maximum absolute atomic E-state index is 11.8. The van der Waals surface area contributed by atoms with Crippen molar-refractivity contribution in [2.45, 2.75) is 45.3 Å². The van der Waals surface area contributed by atoms with E-state index in [9.17, 15) is 4.79 Å². The largest absolute Gasteiger partial charge is 0.484 e. The fourth-order valence-electron chi connectivity index (χ4n) is 2.27. The fourth-order valence-corrected chi connectivity index (χ4v) is 2.27. The molecular formula is C16H23NO3. The highest BCUT2D eigenvalue weighted by atomic mass is 16.5. The highest BCUT2D eigenvalue weighted by Crippen LogP contribution is 2.18. The molecule has 4 nitrogen and oxygen atoms in total. The van der Waals surface area contributed by atoms with Crippen LogP contribution in [0.5, 0.6) is 5.75 Å². The lowest BCUT2D eigenvalue weighted by molar-refractivity contribution is -0.124. The van der Waals surface area contributed by atoms with Gasteiger partial charge in [0.2, 0.25) is 0 Å². The molecule has 110 valence electrons. The van der Waals surface area contributed by atoms with Crippen LogP contribution in [0.15, 0.2) is 24.3 Å². The van der Waals surface area contributed by atoms with E-state index in [1.165, 1.54) is 5.56 Å². The van der Waals surface area contributed by atoms with Crippen molar-refractivity contribution in [3.8, 4) is 5.75 Å². The van der Waals surface area contributed by atoms with Crippen molar-refractivity contribution >= 4 is 5.91 Å². The molecule has 1 amide bonds. The molecule has 4 heteroatoms. The number of hydrogen-bond donors (Lipinski definition) is 1. The normalized spacial score (nSPS) is 22.0. The van der Waals surface area contributed by atoms with Gasteiger partial charge in [-0.15, -0.1) is 0 Å². The smallest absolute Gasteiger partial charge is 0.258 e. The molecule has 1 aliphatic heterocycles. The van der Waals surface area contributed by atoms with E-state index >= 15 is 0 Å². The number of carbonyl (C=O) groups excluding carboxylic acids is 1. The van der Waals surface area contributed by atoms with E-state index in [-0.39, 0.29) is 24.7 Å². The van der Waals surface area contributed by atoms with Crippen molar-refractivity contribution in [1.82, 2.24) is 5.32 Å². The van der Waals surface area contributed by atoms with Gasteiger partial charge in [0.05, 0.1) is 12.1 Å². The Labute approximate surface area is 120 Å². The lowest BCUT2D eigenvalue weighted by Crippen LogP contribution is -2.41. The van der Waals surface area contributed by atoms with Crippen LogP contribution in [-0.2, 0) is 9.53 Å². The topological polar surface area (TPSA) is 47.6 Å². The van der Waals surface area contributed by atoms with Gasteiger partial charge in [-0.25, -0.2) is 0 Å². The van der Waals surface area contributed by atoms with Crippen LogP contribution in [0.25, 0.3) is 0 Å². The minimum atomic E-state index is -0.0970. The number of rotatable bonds is 5. The van der Waals surface area contributed by atoms with Crippen LogP contribution in [0.2, 0.25) is 0 Å². The van der Waals surface area contributed by atoms with E-state index in [0.29, 0.717) is 12.5 Å². The zero-order chi connectivity index (χ0) is 14.5. The summed E-state index contributed by atoms with van der Waals surface area (Å²) < 4.78 is 10.9. The van der Waals surface area contributed by atoms with Crippen LogP contribution in [0.3, 0.4) is 0 Å². The number of carbonyl (C=O) groups is 1. The predicted octanol–water partition coefficient (Wildman–Crippen LogP) is 2.48. The number of hydrogen-bond acceptors (Lipinski definition) is 3. The van der Waals surface area contributed by atoms with Crippen molar-refractivity contribution in [3.05, 3.63) is 29.8 Å². The lowest BCUT2D eigenvalue weighted by Gasteiger charge is -2.16. The summed E-state index contributed by atoms with van der Waals surface area (Å²) in [5.74, 6) is 1.12. The Bertz CT molecular complexity index is 442. The van der Waals surface area contributed by atoms with Gasteiger partial charge < -0.3 is 14.8 Å². The standard InChI is InChI=1S/C16H23NO3/c1-11(2)13-4-6-14(7-5-13)20-10-16(18)17-15-8-9-19-12(15)3/h4-7,11-12,15H,8-10H2,1-3H3,(H,17,18)/t12-,15-/m1/s1. The quantitative estimate of drug-likeness (QED) is 0.899. The molecule has 2 atom stereocenters. The summed E-state index contributed by atoms with van der Waals surface area (Å²) in [6.45, 7) is 7.03. The number of amides is 1. The maximum atomic E-state index is 11.8. The van der Waals surface area contributed by atoms with Gasteiger partial charge in [0.25, 0.3) is 5.91 Å². The summed E-state index contributed by atoms with van der Waals surface area (Å²) in [5, 5.41) is 2.94. The first-order valence-corrected chi connectivity index (χ1v) is 7.20. The molecule has 0 bridgehead atoms. The molecule has 1 fully saturated rings. The summed E-state index contributed by atoms with van der Waals surface area (Å²) in [6.07, 6.45) is 0.958. The summed E-state index contributed by atoms with van der Waals surface area (Å²) in [5.41, 5.74) is 1.26. The molecule has 1 heterocycles. The van der Waals surface area contributed by atoms with Gasteiger partial charge in [0.15, 0.2) is 6.61 Å². The lowest BCUT2D eigenvalue weighted by atomic mass is 10.0. The number of ether oxygens (including phenoxy) is 2. The molecule has 1 N–H and O–H groups in total. The molecule has 1 aromatic rings. The van der Waals surface area contributed by atoms with Gasteiger partial charge in [-0.05, 0) is 37.0 Å². The zero-order valence-electron chi connectivity index (χ0n) is 12.4. The van der Waals surface area contributed by atoms with Gasteiger partial charge in [-0.1, -0.05) is 26.0 Å². The van der Waals surface area contributed by atoms with E-state index in [0.717, 1.165) is 12.2 Å². The van der Waals surface area contributed by atoms with E-state index in [1.54, 1.807) is 0 Å². The molecule has 0 unspecified atom stereocenters. The summed E-state index contributed by atoms with van der Waals surface area (Å²) in [4.78, 5) is 11.8. The molecular weight excluding hydrogens is 254 g/mol. The van der Waals surface area contributed by atoms with Crippen molar-refractivity contribution in [3.63, 3.8) is 0 Å². The van der Waals surface area contributed by atoms with Gasteiger partial charge in [0.1, 0.15) is 5.75 Å². The van der Waals surface area contributed by atoms with Gasteiger partial charge in [-0.2, -0.15) is 0 Å². The second-order valence-corrected chi connectivity index (χ2v) is 5.55. The Kier molecular flexibility index (Phi) is 5.01. The van der Waals surface area contributed by atoms with E-state index < -0.39 is 0 Å². The minimum absolute atomic E-state index is 0.0459. The Hall–Kier alpha value is -1.55. The van der Waals surface area contributed by atoms with Crippen LogP contribution in [0.4, 0.5) is 0 Å². The van der Waals surface area contributed by atoms with E-state index in [4.69, 9.17) is 9.47 Å². The Balaban J connectivity index is 1.78. The monoisotopic (exact) mass is 277 g/mol. The van der Waals surface area contributed by atoms with Crippen LogP contribution in [-0.4, -0.2) is 31.3 Å². The molecule has 0 aromatic heterocycles. The van der Waals surface area contributed by atoms with Crippen LogP contribution in [0, 0.1) is 0 Å². The highest BCUT2D eigenvalue weighted by Gasteiger charge is 2.25. The number of nitrogens with one attached hydrogen (secondary N) is 1. The highest BCUT2D eigenvalue weighted by molar-refractivity contribution is 5.77. The zero-order valence-corrected chi connectivity index (χ0v) is 12.4. The molecule has 20 heavy (non-hydrogen) atoms. The van der Waals surface area contributed by atoms with Crippen LogP contribution >= 0.6 is 0 Å². The average molecular weight is 277 g/mol. The van der Waals surface area contributed by atoms with Crippen molar-refractivity contribution in [2.24, 2.45) is 0 Å². The molecule has 1 saturated heterocycles. The van der Waals surface area contributed by atoms with E-state index in [1.807, 2.05) is 31.2 Å². The second kappa shape index (κ2) is 6.75. The first-order valence-electron chi connectivity index (χ1n) is 7.20. The first kappa shape index (κ1) is 14.9. The van der Waals surface area contributed by atoms with Gasteiger partial charge in [-0.3, -0.25) is 4.79 Å². The molecule has 1 aliphatic rings. The van der Waals surface area contributed by atoms with E-state index in [2.05, 4.69) is 19.2 Å². The SMILES string of the molecule is CC(C)c1ccc(OCC(=O)N[C@@H]2CCO[C@@H]2C)cc1. The van der Waals surface area contributed by atoms with Crippen LogP contribution in [0.1, 0.15) is 38.7 Å². The number of benzene rings is 1. The predicted molar refractivity (Wildman–Crippen MR) is 78.0 cm³/mol.